The quantitative estimate of drug-likeness (QED) is 0.803. The zero-order valence-corrected chi connectivity index (χ0v) is 12.3. The number of benzene rings is 1. The van der Waals surface area contributed by atoms with E-state index >= 15 is 0 Å². The van der Waals surface area contributed by atoms with E-state index in [1.807, 2.05) is 0 Å². The predicted octanol–water partition coefficient (Wildman–Crippen LogP) is 1.53. The molecule has 0 spiro atoms. The molecule has 5 nitrogen and oxygen atoms in total. The lowest BCUT2D eigenvalue weighted by atomic mass is 10.1. The van der Waals surface area contributed by atoms with Gasteiger partial charge in [0, 0.05) is 37.0 Å². The van der Waals surface area contributed by atoms with Crippen LogP contribution in [-0.4, -0.2) is 36.6 Å². The van der Waals surface area contributed by atoms with Crippen molar-refractivity contribution in [2.45, 2.75) is 6.04 Å². The molecule has 0 aliphatic carbocycles. The van der Waals surface area contributed by atoms with Crippen molar-refractivity contribution in [2.24, 2.45) is 0 Å². The Morgan fingerprint density at radius 2 is 2.09 bits per heavy atom. The fourth-order valence-corrected chi connectivity index (χ4v) is 2.41. The third-order valence-corrected chi connectivity index (χ3v) is 3.63. The summed E-state index contributed by atoms with van der Waals surface area (Å²) in [4.78, 5) is 16.1. The van der Waals surface area contributed by atoms with Gasteiger partial charge in [-0.2, -0.15) is 0 Å². The fourth-order valence-electron chi connectivity index (χ4n) is 2.41. The second kappa shape index (κ2) is 6.80. The van der Waals surface area contributed by atoms with Crippen LogP contribution in [0.15, 0.2) is 36.5 Å². The number of anilines is 1. The number of carbonyl (C=O) groups excluding carboxylic acids is 1. The standard InChI is InChI=1S/C16H16F2N4O/c17-12-3-1-2-11(15(12)18)10-4-5-14(21-8-10)22-16(23)13-9-19-6-7-20-13/h1-5,8,13,19-20H,6-7,9H2,(H,21,22,23)/t13-/m0/s1. The molecule has 0 bridgehead atoms. The van der Waals surface area contributed by atoms with Crippen LogP contribution < -0.4 is 16.0 Å². The molecular formula is C16H16F2N4O. The normalized spacial score (nSPS) is 17.7. The van der Waals surface area contributed by atoms with Crippen molar-refractivity contribution >= 4 is 11.7 Å². The van der Waals surface area contributed by atoms with Gasteiger partial charge in [0.1, 0.15) is 5.82 Å². The molecule has 3 rings (SSSR count). The molecule has 2 aromatic rings. The first-order valence-electron chi connectivity index (χ1n) is 7.30. The molecule has 1 aliphatic heterocycles. The lowest BCUT2D eigenvalue weighted by Gasteiger charge is -2.23. The average Bonchev–Trinajstić information content (AvgIpc) is 2.59. The molecule has 0 unspecified atom stereocenters. The third kappa shape index (κ3) is 3.52. The molecule has 3 N–H and O–H groups in total. The van der Waals surface area contributed by atoms with Gasteiger partial charge in [0.25, 0.3) is 0 Å². The van der Waals surface area contributed by atoms with E-state index in [1.54, 1.807) is 12.1 Å². The van der Waals surface area contributed by atoms with Gasteiger partial charge < -0.3 is 16.0 Å². The van der Waals surface area contributed by atoms with Crippen molar-refractivity contribution in [2.75, 3.05) is 25.0 Å². The molecule has 7 heteroatoms. The Labute approximate surface area is 132 Å². The molecule has 1 atom stereocenters. The minimum Gasteiger partial charge on any atom is -0.313 e. The maximum Gasteiger partial charge on any atom is 0.243 e. The van der Waals surface area contributed by atoms with Crippen LogP contribution in [0.3, 0.4) is 0 Å². The number of aromatic nitrogens is 1. The van der Waals surface area contributed by atoms with E-state index in [4.69, 9.17) is 0 Å². The summed E-state index contributed by atoms with van der Waals surface area (Å²) in [6, 6.07) is 6.81. The number of pyridine rings is 1. The van der Waals surface area contributed by atoms with Gasteiger partial charge in [0.05, 0.1) is 6.04 Å². The molecule has 120 valence electrons. The topological polar surface area (TPSA) is 66.0 Å². The van der Waals surface area contributed by atoms with Crippen LogP contribution in [-0.2, 0) is 4.79 Å². The Morgan fingerprint density at radius 3 is 2.78 bits per heavy atom. The molecule has 0 saturated carbocycles. The summed E-state index contributed by atoms with van der Waals surface area (Å²) in [5.41, 5.74) is 0.575. The van der Waals surface area contributed by atoms with E-state index in [9.17, 15) is 13.6 Å². The number of amides is 1. The number of halogens is 2. The van der Waals surface area contributed by atoms with Crippen molar-refractivity contribution in [1.82, 2.24) is 15.6 Å². The maximum atomic E-state index is 13.8. The maximum absolute atomic E-state index is 13.8. The number of nitrogens with one attached hydrogen (secondary N) is 3. The molecule has 1 fully saturated rings. The lowest BCUT2D eigenvalue weighted by molar-refractivity contribution is -0.118. The van der Waals surface area contributed by atoms with Gasteiger partial charge in [0.15, 0.2) is 11.6 Å². The predicted molar refractivity (Wildman–Crippen MR) is 82.9 cm³/mol. The van der Waals surface area contributed by atoms with Gasteiger partial charge in [-0.1, -0.05) is 12.1 Å². The largest absolute Gasteiger partial charge is 0.313 e. The number of piperazine rings is 1. The van der Waals surface area contributed by atoms with E-state index in [0.29, 0.717) is 17.9 Å². The number of hydrogen-bond acceptors (Lipinski definition) is 4. The van der Waals surface area contributed by atoms with E-state index in [2.05, 4.69) is 20.9 Å². The molecule has 1 aliphatic rings. The van der Waals surface area contributed by atoms with Gasteiger partial charge >= 0.3 is 0 Å². The Hall–Kier alpha value is -2.38. The first kappa shape index (κ1) is 15.5. The highest BCUT2D eigenvalue weighted by Gasteiger charge is 2.20. The van der Waals surface area contributed by atoms with Gasteiger partial charge in [-0.3, -0.25) is 4.79 Å². The van der Waals surface area contributed by atoms with Crippen LogP contribution in [0.2, 0.25) is 0 Å². The molecule has 23 heavy (non-hydrogen) atoms. The fraction of sp³-hybridized carbons (Fsp3) is 0.250. The highest BCUT2D eigenvalue weighted by molar-refractivity contribution is 5.94. The van der Waals surface area contributed by atoms with E-state index in [-0.39, 0.29) is 17.5 Å². The van der Waals surface area contributed by atoms with Gasteiger partial charge in [-0.05, 0) is 18.2 Å². The van der Waals surface area contributed by atoms with Crippen LogP contribution in [0.4, 0.5) is 14.6 Å². The van der Waals surface area contributed by atoms with Crippen molar-refractivity contribution in [3.63, 3.8) is 0 Å². The molecule has 1 saturated heterocycles. The minimum atomic E-state index is -0.913. The monoisotopic (exact) mass is 318 g/mol. The smallest absolute Gasteiger partial charge is 0.243 e. The number of carbonyl (C=O) groups is 1. The summed E-state index contributed by atoms with van der Waals surface area (Å²) in [7, 11) is 0. The SMILES string of the molecule is O=C(Nc1ccc(-c2cccc(F)c2F)cn1)[C@@H]1CNCCN1. The summed E-state index contributed by atoms with van der Waals surface area (Å²) in [6.07, 6.45) is 1.40. The average molecular weight is 318 g/mol. The van der Waals surface area contributed by atoms with Crippen LogP contribution in [0.1, 0.15) is 0 Å². The van der Waals surface area contributed by atoms with Crippen LogP contribution >= 0.6 is 0 Å². The van der Waals surface area contributed by atoms with Crippen LogP contribution in [0.5, 0.6) is 0 Å². The zero-order valence-electron chi connectivity index (χ0n) is 12.3. The van der Waals surface area contributed by atoms with E-state index in [1.165, 1.54) is 18.3 Å². The zero-order chi connectivity index (χ0) is 16.2. The van der Waals surface area contributed by atoms with Crippen LogP contribution in [0, 0.1) is 11.6 Å². The highest BCUT2D eigenvalue weighted by atomic mass is 19.2. The third-order valence-electron chi connectivity index (χ3n) is 3.63. The number of nitrogens with zero attached hydrogens (tertiary/aromatic N) is 1. The first-order valence-corrected chi connectivity index (χ1v) is 7.30. The highest BCUT2D eigenvalue weighted by Crippen LogP contribution is 2.24. The van der Waals surface area contributed by atoms with Gasteiger partial charge in [-0.15, -0.1) is 0 Å². The number of rotatable bonds is 3. The van der Waals surface area contributed by atoms with Crippen molar-refractivity contribution in [3.8, 4) is 11.1 Å². The Morgan fingerprint density at radius 1 is 1.22 bits per heavy atom. The van der Waals surface area contributed by atoms with Crippen molar-refractivity contribution in [1.29, 1.82) is 0 Å². The molecule has 1 aromatic carbocycles. The minimum absolute atomic E-state index is 0.133. The molecular weight excluding hydrogens is 302 g/mol. The molecule has 1 amide bonds. The molecule has 1 aromatic heterocycles. The van der Waals surface area contributed by atoms with Crippen molar-refractivity contribution < 1.29 is 13.6 Å². The number of hydrogen-bond donors (Lipinski definition) is 3. The second-order valence-corrected chi connectivity index (χ2v) is 5.23. The summed E-state index contributed by atoms with van der Waals surface area (Å²) in [6.45, 7) is 2.11. The summed E-state index contributed by atoms with van der Waals surface area (Å²) < 4.78 is 27.0. The molecule has 2 heterocycles. The Bertz CT molecular complexity index is 700. The molecule has 0 radical (unpaired) electrons. The van der Waals surface area contributed by atoms with Crippen LogP contribution in [0.25, 0.3) is 11.1 Å². The van der Waals surface area contributed by atoms with E-state index in [0.717, 1.165) is 19.2 Å². The summed E-state index contributed by atoms with van der Waals surface area (Å²) >= 11 is 0. The van der Waals surface area contributed by atoms with Gasteiger partial charge in [0.2, 0.25) is 5.91 Å². The summed E-state index contributed by atoms with van der Waals surface area (Å²) in [5.74, 6) is -1.64. The summed E-state index contributed by atoms with van der Waals surface area (Å²) in [5, 5.41) is 8.92. The Kier molecular flexibility index (Phi) is 4.59. The van der Waals surface area contributed by atoms with Gasteiger partial charge in [-0.25, -0.2) is 13.8 Å². The van der Waals surface area contributed by atoms with Crippen molar-refractivity contribution in [3.05, 3.63) is 48.2 Å². The Balaban J connectivity index is 1.72. The first-order chi connectivity index (χ1) is 11.1. The van der Waals surface area contributed by atoms with E-state index < -0.39 is 11.6 Å². The lowest BCUT2D eigenvalue weighted by Crippen LogP contribution is -2.54. The second-order valence-electron chi connectivity index (χ2n) is 5.23.